The minimum absolute atomic E-state index is 0.238. The summed E-state index contributed by atoms with van der Waals surface area (Å²) in [6.07, 6.45) is 4.56. The summed E-state index contributed by atoms with van der Waals surface area (Å²) in [5.74, 6) is 0. The first-order valence-electron chi connectivity index (χ1n) is 6.30. The van der Waals surface area contributed by atoms with Gasteiger partial charge in [0.25, 0.3) is 0 Å². The molecule has 0 bridgehead atoms. The lowest BCUT2D eigenvalue weighted by molar-refractivity contribution is 0.602. The average Bonchev–Trinajstić information content (AvgIpc) is 3.09. The lowest BCUT2D eigenvalue weighted by atomic mass is 10.2. The van der Waals surface area contributed by atoms with E-state index < -0.39 is 9.84 Å². The van der Waals surface area contributed by atoms with Crippen LogP contribution < -0.4 is 10.6 Å². The number of benzene rings is 1. The largest absolute Gasteiger partial charge is 0.396 e. The lowest BCUT2D eigenvalue weighted by Crippen LogP contribution is -2.27. The van der Waals surface area contributed by atoms with Crippen molar-refractivity contribution in [2.24, 2.45) is 0 Å². The van der Waals surface area contributed by atoms with Gasteiger partial charge in [-0.3, -0.25) is 0 Å². The number of hydrogen-bond donors (Lipinski definition) is 1. The van der Waals surface area contributed by atoms with Crippen LogP contribution in [0.1, 0.15) is 26.2 Å². The van der Waals surface area contributed by atoms with Crippen LogP contribution in [0.3, 0.4) is 0 Å². The summed E-state index contributed by atoms with van der Waals surface area (Å²) in [6.45, 7) is 3.04. The summed E-state index contributed by atoms with van der Waals surface area (Å²) in [4.78, 5) is 2.48. The van der Waals surface area contributed by atoms with Gasteiger partial charge < -0.3 is 10.6 Å². The van der Waals surface area contributed by atoms with E-state index in [0.29, 0.717) is 11.7 Å². The number of sulfone groups is 1. The molecule has 0 atom stereocenters. The van der Waals surface area contributed by atoms with Crippen molar-refractivity contribution in [3.8, 4) is 0 Å². The highest BCUT2D eigenvalue weighted by Gasteiger charge is 2.30. The van der Waals surface area contributed by atoms with E-state index in [4.69, 9.17) is 5.73 Å². The molecule has 4 nitrogen and oxygen atoms in total. The Morgan fingerprint density at radius 3 is 2.56 bits per heavy atom. The summed E-state index contributed by atoms with van der Waals surface area (Å²) in [5, 5.41) is 0. The maximum Gasteiger partial charge on any atom is 0.177 e. The van der Waals surface area contributed by atoms with Crippen molar-refractivity contribution in [3.05, 3.63) is 18.2 Å². The summed E-state index contributed by atoms with van der Waals surface area (Å²) < 4.78 is 23.3. The standard InChI is InChI=1S/C13H20N2O2S/c1-3-9-15(10-7-8-10)11-5-4-6-12(13(11)14)18(2,16)17/h4-6,10H,3,7-9,14H2,1-2H3. The van der Waals surface area contributed by atoms with Crippen LogP contribution in [0.15, 0.2) is 23.1 Å². The summed E-state index contributed by atoms with van der Waals surface area (Å²) >= 11 is 0. The Balaban J connectivity index is 2.44. The third-order valence-corrected chi connectivity index (χ3v) is 4.36. The zero-order valence-corrected chi connectivity index (χ0v) is 11.7. The number of anilines is 2. The molecule has 1 aliphatic carbocycles. The molecular formula is C13H20N2O2S. The van der Waals surface area contributed by atoms with Crippen LogP contribution in [0.2, 0.25) is 0 Å². The van der Waals surface area contributed by atoms with Gasteiger partial charge >= 0.3 is 0 Å². The Kier molecular flexibility index (Phi) is 3.52. The first-order valence-corrected chi connectivity index (χ1v) is 8.19. The van der Waals surface area contributed by atoms with Gasteiger partial charge in [-0.25, -0.2) is 8.42 Å². The van der Waals surface area contributed by atoms with Crippen molar-refractivity contribution >= 4 is 21.2 Å². The van der Waals surface area contributed by atoms with Gasteiger partial charge in [0.1, 0.15) is 0 Å². The molecule has 1 aliphatic rings. The fraction of sp³-hybridized carbons (Fsp3) is 0.538. The Morgan fingerprint density at radius 1 is 1.39 bits per heavy atom. The quantitative estimate of drug-likeness (QED) is 0.830. The molecule has 2 rings (SSSR count). The first kappa shape index (κ1) is 13.2. The Labute approximate surface area is 109 Å². The molecule has 0 amide bonds. The highest BCUT2D eigenvalue weighted by molar-refractivity contribution is 7.90. The van der Waals surface area contributed by atoms with E-state index in [1.165, 1.54) is 19.1 Å². The van der Waals surface area contributed by atoms with Gasteiger partial charge in [-0.15, -0.1) is 0 Å². The maximum atomic E-state index is 11.7. The second-order valence-electron chi connectivity index (χ2n) is 4.89. The van der Waals surface area contributed by atoms with Crippen LogP contribution in [0, 0.1) is 0 Å². The smallest absolute Gasteiger partial charge is 0.177 e. The number of nitrogens with two attached hydrogens (primary N) is 1. The van der Waals surface area contributed by atoms with E-state index in [1.54, 1.807) is 12.1 Å². The molecule has 18 heavy (non-hydrogen) atoms. The van der Waals surface area contributed by atoms with Crippen molar-refractivity contribution in [1.29, 1.82) is 0 Å². The predicted octanol–water partition coefficient (Wildman–Crippen LogP) is 2.05. The molecule has 0 aliphatic heterocycles. The number of nitrogen functional groups attached to an aromatic ring is 1. The van der Waals surface area contributed by atoms with Crippen molar-refractivity contribution < 1.29 is 8.42 Å². The summed E-state index contributed by atoms with van der Waals surface area (Å²) in [6, 6.07) is 5.79. The summed E-state index contributed by atoms with van der Waals surface area (Å²) in [5.41, 5.74) is 7.30. The van der Waals surface area contributed by atoms with Gasteiger partial charge in [0.15, 0.2) is 9.84 Å². The van der Waals surface area contributed by atoms with E-state index in [1.807, 2.05) is 6.07 Å². The topological polar surface area (TPSA) is 63.4 Å². The van der Waals surface area contributed by atoms with Crippen molar-refractivity contribution in [2.75, 3.05) is 23.4 Å². The second-order valence-corrected chi connectivity index (χ2v) is 6.87. The number of hydrogen-bond acceptors (Lipinski definition) is 4. The Bertz CT molecular complexity index is 536. The monoisotopic (exact) mass is 268 g/mol. The molecule has 2 N–H and O–H groups in total. The first-order chi connectivity index (χ1) is 8.45. The Morgan fingerprint density at radius 2 is 2.06 bits per heavy atom. The fourth-order valence-corrected chi connectivity index (χ4v) is 3.06. The molecule has 1 fully saturated rings. The van der Waals surface area contributed by atoms with E-state index >= 15 is 0 Å². The molecule has 1 aromatic rings. The normalized spacial score (nSPS) is 15.7. The van der Waals surface area contributed by atoms with E-state index in [-0.39, 0.29) is 4.90 Å². The molecule has 0 heterocycles. The summed E-state index contributed by atoms with van der Waals surface area (Å²) in [7, 11) is -3.26. The highest BCUT2D eigenvalue weighted by Crippen LogP contribution is 2.37. The lowest BCUT2D eigenvalue weighted by Gasteiger charge is -2.26. The van der Waals surface area contributed by atoms with E-state index in [0.717, 1.165) is 18.7 Å². The fourth-order valence-electron chi connectivity index (χ4n) is 2.23. The van der Waals surface area contributed by atoms with Crippen molar-refractivity contribution in [2.45, 2.75) is 37.1 Å². The zero-order chi connectivity index (χ0) is 13.3. The van der Waals surface area contributed by atoms with Crippen LogP contribution in [-0.2, 0) is 9.84 Å². The van der Waals surface area contributed by atoms with Crippen LogP contribution in [0.5, 0.6) is 0 Å². The molecular weight excluding hydrogens is 248 g/mol. The van der Waals surface area contributed by atoms with Crippen LogP contribution >= 0.6 is 0 Å². The maximum absolute atomic E-state index is 11.7. The van der Waals surface area contributed by atoms with Gasteiger partial charge in [-0.2, -0.15) is 0 Å². The average molecular weight is 268 g/mol. The molecule has 0 spiro atoms. The Hall–Kier alpha value is -1.23. The predicted molar refractivity (Wildman–Crippen MR) is 74.6 cm³/mol. The van der Waals surface area contributed by atoms with E-state index in [2.05, 4.69) is 11.8 Å². The minimum Gasteiger partial charge on any atom is -0.396 e. The van der Waals surface area contributed by atoms with Crippen LogP contribution in [0.4, 0.5) is 11.4 Å². The highest BCUT2D eigenvalue weighted by atomic mass is 32.2. The zero-order valence-electron chi connectivity index (χ0n) is 10.9. The third kappa shape index (κ3) is 2.61. The number of nitrogens with zero attached hydrogens (tertiary/aromatic N) is 1. The molecule has 0 saturated heterocycles. The second kappa shape index (κ2) is 4.80. The number of para-hydroxylation sites is 1. The van der Waals surface area contributed by atoms with Gasteiger partial charge in [0.05, 0.1) is 16.3 Å². The van der Waals surface area contributed by atoms with Crippen LogP contribution in [-0.4, -0.2) is 27.3 Å². The van der Waals surface area contributed by atoms with Crippen LogP contribution in [0.25, 0.3) is 0 Å². The van der Waals surface area contributed by atoms with E-state index in [9.17, 15) is 8.42 Å². The molecule has 1 saturated carbocycles. The molecule has 0 unspecified atom stereocenters. The van der Waals surface area contributed by atoms with Gasteiger partial charge in [0, 0.05) is 18.8 Å². The SMILES string of the molecule is CCCN(c1cccc(S(C)(=O)=O)c1N)C1CC1. The molecule has 0 radical (unpaired) electrons. The minimum atomic E-state index is -3.26. The van der Waals surface area contributed by atoms with Gasteiger partial charge in [-0.1, -0.05) is 13.0 Å². The molecule has 1 aromatic carbocycles. The van der Waals surface area contributed by atoms with Gasteiger partial charge in [0.2, 0.25) is 0 Å². The van der Waals surface area contributed by atoms with Gasteiger partial charge in [-0.05, 0) is 31.4 Å². The molecule has 100 valence electrons. The number of rotatable bonds is 5. The third-order valence-electron chi connectivity index (χ3n) is 3.20. The molecule has 0 aromatic heterocycles. The van der Waals surface area contributed by atoms with Crippen molar-refractivity contribution in [1.82, 2.24) is 0 Å². The molecule has 5 heteroatoms. The van der Waals surface area contributed by atoms with Crippen molar-refractivity contribution in [3.63, 3.8) is 0 Å².